The van der Waals surface area contributed by atoms with Crippen LogP contribution in [0.5, 0.6) is 0 Å². The summed E-state index contributed by atoms with van der Waals surface area (Å²) in [4.78, 5) is 4.05. The fourth-order valence-electron chi connectivity index (χ4n) is 4.72. The molecule has 0 aliphatic rings. The third-order valence-electron chi connectivity index (χ3n) is 6.44. The molecule has 0 saturated carbocycles. The van der Waals surface area contributed by atoms with Crippen molar-refractivity contribution in [3.63, 3.8) is 0 Å². The van der Waals surface area contributed by atoms with Crippen LogP contribution in [0, 0.1) is 0 Å². The number of thiophene rings is 6. The van der Waals surface area contributed by atoms with Crippen LogP contribution in [0.4, 0.5) is 0 Å². The maximum absolute atomic E-state index is 2.41. The molecule has 0 bridgehead atoms. The summed E-state index contributed by atoms with van der Waals surface area (Å²) < 4.78 is 0. The monoisotopic (exact) mass is 584 g/mol. The Labute approximate surface area is 240 Å². The van der Waals surface area contributed by atoms with Crippen molar-refractivity contribution in [2.75, 3.05) is 0 Å². The third kappa shape index (κ3) is 4.63. The van der Waals surface area contributed by atoms with Crippen LogP contribution >= 0.6 is 68.0 Å². The fourth-order valence-corrected chi connectivity index (χ4v) is 9.43. The van der Waals surface area contributed by atoms with Gasteiger partial charge in [-0.25, -0.2) is 0 Å². The van der Waals surface area contributed by atoms with E-state index in [0.717, 1.165) is 6.42 Å². The molecule has 6 heteroatoms. The Bertz CT molecular complexity index is 1650. The normalized spacial score (nSPS) is 11.4. The van der Waals surface area contributed by atoms with Gasteiger partial charge >= 0.3 is 0 Å². The lowest BCUT2D eigenvalue weighted by Crippen LogP contribution is -1.89. The Morgan fingerprint density at radius 3 is 1.49 bits per heavy atom. The van der Waals surface area contributed by atoms with Crippen molar-refractivity contribution in [3.8, 4) is 53.6 Å². The molecule has 0 aliphatic heterocycles. The van der Waals surface area contributed by atoms with Gasteiger partial charge in [-0.15, -0.1) is 34.0 Å². The standard InChI is InChI=1S/C31H20S6/c1-7-32-17-20(1)13-21-4-10-35-29(21)24-14-25(30-27(5-11-36-30)22-2-8-33-18-22)16-26(15-24)31-28(6-12-37-31)23-3-9-34-19-23/h1-12,14-19H,13H2. The zero-order valence-corrected chi connectivity index (χ0v) is 24.4. The molecule has 0 radical (unpaired) electrons. The average Bonchev–Trinajstić information content (AvgIpc) is 3.76. The van der Waals surface area contributed by atoms with Gasteiger partial charge in [0.05, 0.1) is 0 Å². The second-order valence-electron chi connectivity index (χ2n) is 8.73. The van der Waals surface area contributed by atoms with Gasteiger partial charge in [0.15, 0.2) is 0 Å². The topological polar surface area (TPSA) is 0 Å². The smallest absolute Gasteiger partial charge is 0.0421 e. The molecule has 0 atom stereocenters. The lowest BCUT2D eigenvalue weighted by atomic mass is 9.96. The van der Waals surface area contributed by atoms with Crippen LogP contribution in [0.1, 0.15) is 11.1 Å². The predicted octanol–water partition coefficient (Wildman–Crippen LogP) is 12.0. The average molecular weight is 585 g/mol. The highest BCUT2D eigenvalue weighted by atomic mass is 32.1. The fraction of sp³-hybridized carbons (Fsp3) is 0.0323. The zero-order chi connectivity index (χ0) is 24.6. The second kappa shape index (κ2) is 10.3. The van der Waals surface area contributed by atoms with Gasteiger partial charge in [0.25, 0.3) is 0 Å². The summed E-state index contributed by atoms with van der Waals surface area (Å²) in [6, 6.07) is 20.8. The van der Waals surface area contributed by atoms with Crippen LogP contribution in [-0.4, -0.2) is 0 Å². The number of rotatable bonds is 7. The van der Waals surface area contributed by atoms with Gasteiger partial charge in [0.1, 0.15) is 0 Å². The lowest BCUT2D eigenvalue weighted by Gasteiger charge is -2.12. The van der Waals surface area contributed by atoms with Crippen LogP contribution in [-0.2, 0) is 6.42 Å². The first-order chi connectivity index (χ1) is 18.3. The second-order valence-corrected chi connectivity index (χ2v) is 13.8. The SMILES string of the molecule is c1cc(Cc2ccsc2-c2cc(-c3sccc3-c3ccsc3)cc(-c3sccc3-c3ccsc3)c2)cs1. The lowest BCUT2D eigenvalue weighted by molar-refractivity contribution is 1.23. The van der Waals surface area contributed by atoms with Gasteiger partial charge in [-0.3, -0.25) is 0 Å². The molecule has 37 heavy (non-hydrogen) atoms. The van der Waals surface area contributed by atoms with E-state index in [-0.39, 0.29) is 0 Å². The van der Waals surface area contributed by atoms with Crippen molar-refractivity contribution in [1.82, 2.24) is 0 Å². The van der Waals surface area contributed by atoms with Crippen LogP contribution in [0.25, 0.3) is 53.6 Å². The van der Waals surface area contributed by atoms with E-state index in [1.807, 2.05) is 34.0 Å². The van der Waals surface area contributed by atoms with E-state index in [1.165, 1.54) is 64.7 Å². The van der Waals surface area contributed by atoms with Crippen molar-refractivity contribution in [2.45, 2.75) is 6.42 Å². The molecule has 7 rings (SSSR count). The maximum Gasteiger partial charge on any atom is 0.0421 e. The summed E-state index contributed by atoms with van der Waals surface area (Å²) in [7, 11) is 0. The minimum atomic E-state index is 0.972. The Morgan fingerprint density at radius 2 is 0.946 bits per heavy atom. The quantitative estimate of drug-likeness (QED) is 0.175. The van der Waals surface area contributed by atoms with Crippen LogP contribution in [0.15, 0.2) is 103 Å². The summed E-state index contributed by atoms with van der Waals surface area (Å²) in [6.07, 6.45) is 0.972. The van der Waals surface area contributed by atoms with E-state index in [1.54, 1.807) is 34.0 Å². The molecular formula is C31H20S6. The highest BCUT2D eigenvalue weighted by Crippen LogP contribution is 2.45. The van der Waals surface area contributed by atoms with Crippen LogP contribution < -0.4 is 0 Å². The van der Waals surface area contributed by atoms with Gasteiger partial charge in [0, 0.05) is 25.8 Å². The third-order valence-corrected chi connectivity index (χ3v) is 11.5. The number of hydrogen-bond donors (Lipinski definition) is 0. The first-order valence-electron chi connectivity index (χ1n) is 11.8. The van der Waals surface area contributed by atoms with Gasteiger partial charge in [-0.05, 0) is 148 Å². The molecule has 0 unspecified atom stereocenters. The molecule has 0 nitrogen and oxygen atoms in total. The number of hydrogen-bond acceptors (Lipinski definition) is 6. The maximum atomic E-state index is 2.41. The summed E-state index contributed by atoms with van der Waals surface area (Å²) >= 11 is 10.8. The van der Waals surface area contributed by atoms with E-state index < -0.39 is 0 Å². The van der Waals surface area contributed by atoms with Crippen LogP contribution in [0.2, 0.25) is 0 Å². The molecule has 1 aromatic carbocycles. The largest absolute Gasteiger partial charge is 0.152 e. The first kappa shape index (κ1) is 23.5. The zero-order valence-electron chi connectivity index (χ0n) is 19.5. The summed E-state index contributed by atoms with van der Waals surface area (Å²) in [5.41, 5.74) is 11.9. The molecule has 0 spiro atoms. The molecule has 0 amide bonds. The Morgan fingerprint density at radius 1 is 0.432 bits per heavy atom. The van der Waals surface area contributed by atoms with Gasteiger partial charge < -0.3 is 0 Å². The molecule has 0 aliphatic carbocycles. The summed E-state index contributed by atoms with van der Waals surface area (Å²) in [5.74, 6) is 0. The van der Waals surface area contributed by atoms with Gasteiger partial charge in [-0.2, -0.15) is 34.0 Å². The Hall–Kier alpha value is -2.58. The Balaban J connectivity index is 1.41. The molecule has 180 valence electrons. The highest BCUT2D eigenvalue weighted by Gasteiger charge is 2.18. The molecule has 0 fully saturated rings. The van der Waals surface area contributed by atoms with Crippen molar-refractivity contribution >= 4 is 68.0 Å². The van der Waals surface area contributed by atoms with E-state index in [9.17, 15) is 0 Å². The van der Waals surface area contributed by atoms with Gasteiger partial charge in [0.2, 0.25) is 0 Å². The molecule has 0 N–H and O–H groups in total. The van der Waals surface area contributed by atoms with E-state index in [0.29, 0.717) is 0 Å². The minimum Gasteiger partial charge on any atom is -0.152 e. The molecule has 7 aromatic rings. The van der Waals surface area contributed by atoms with Crippen molar-refractivity contribution in [1.29, 1.82) is 0 Å². The van der Waals surface area contributed by atoms with Crippen molar-refractivity contribution in [2.24, 2.45) is 0 Å². The van der Waals surface area contributed by atoms with Crippen molar-refractivity contribution < 1.29 is 0 Å². The van der Waals surface area contributed by atoms with E-state index >= 15 is 0 Å². The summed E-state index contributed by atoms with van der Waals surface area (Å²) in [6.45, 7) is 0. The van der Waals surface area contributed by atoms with Crippen LogP contribution in [0.3, 0.4) is 0 Å². The van der Waals surface area contributed by atoms with E-state index in [4.69, 9.17) is 0 Å². The molecule has 6 aromatic heterocycles. The first-order valence-corrected chi connectivity index (χ1v) is 17.2. The molecular weight excluding hydrogens is 565 g/mol. The molecule has 6 heterocycles. The predicted molar refractivity (Wildman–Crippen MR) is 170 cm³/mol. The summed E-state index contributed by atoms with van der Waals surface area (Å²) in [5, 5.41) is 20.0. The Kier molecular flexibility index (Phi) is 6.55. The molecule has 0 saturated heterocycles. The van der Waals surface area contributed by atoms with Crippen molar-refractivity contribution in [3.05, 3.63) is 114 Å². The minimum absolute atomic E-state index is 0.972. The van der Waals surface area contributed by atoms with E-state index in [2.05, 4.69) is 103 Å². The number of benzene rings is 1. The highest BCUT2D eigenvalue weighted by molar-refractivity contribution is 7.15. The van der Waals surface area contributed by atoms with Gasteiger partial charge in [-0.1, -0.05) is 0 Å².